The number of hydrogen-bond acceptors (Lipinski definition) is 4. The number of hydrogen-bond donors (Lipinski definition) is 1. The number of nitrogens with one attached hydrogen (secondary N) is 1. The third kappa shape index (κ3) is 2.19. The molecule has 70 valence electrons. The monoisotopic (exact) mass is 244 g/mol. The van der Waals surface area contributed by atoms with Crippen molar-refractivity contribution in [1.29, 1.82) is 0 Å². The van der Waals surface area contributed by atoms with Crippen LogP contribution in [-0.4, -0.2) is 13.1 Å². The second kappa shape index (κ2) is 4.25. The fourth-order valence-corrected chi connectivity index (χ4v) is 1.25. The summed E-state index contributed by atoms with van der Waals surface area (Å²) in [6.07, 6.45) is 0. The van der Waals surface area contributed by atoms with Crippen molar-refractivity contribution in [3.63, 3.8) is 0 Å². The van der Waals surface area contributed by atoms with E-state index >= 15 is 0 Å². The van der Waals surface area contributed by atoms with Gasteiger partial charge < -0.3 is 15.4 Å². The van der Waals surface area contributed by atoms with Gasteiger partial charge in [-0.2, -0.15) is 0 Å². The fraction of sp³-hybridized carbons (Fsp3) is 0.125. The van der Waals surface area contributed by atoms with E-state index in [1.807, 2.05) is 0 Å². The zero-order valence-electron chi connectivity index (χ0n) is 6.83. The van der Waals surface area contributed by atoms with Crippen LogP contribution in [-0.2, 0) is 4.74 Å². The summed E-state index contributed by atoms with van der Waals surface area (Å²) in [5.74, 6) is -0.536. The Labute approximate surface area is 83.6 Å². The van der Waals surface area contributed by atoms with Crippen LogP contribution >= 0.6 is 15.9 Å². The molecule has 0 aliphatic rings. The van der Waals surface area contributed by atoms with Gasteiger partial charge in [-0.15, -0.1) is 0 Å². The quantitative estimate of drug-likeness (QED) is 0.640. The predicted molar refractivity (Wildman–Crippen MR) is 52.5 cm³/mol. The van der Waals surface area contributed by atoms with E-state index in [0.29, 0.717) is 0 Å². The Kier molecular flexibility index (Phi) is 3.27. The molecule has 4 nitrogen and oxygen atoms in total. The minimum absolute atomic E-state index is 0.196. The SMILES string of the molecule is COC(=O)c1ccc(Br)cc1N[O-]. The van der Waals surface area contributed by atoms with Gasteiger partial charge in [0.1, 0.15) is 0 Å². The Bertz CT molecular complexity index is 327. The number of rotatable bonds is 2. The zero-order chi connectivity index (χ0) is 9.84. The Morgan fingerprint density at radius 1 is 1.62 bits per heavy atom. The molecule has 1 rings (SSSR count). The lowest BCUT2D eigenvalue weighted by Crippen LogP contribution is -2.04. The topological polar surface area (TPSA) is 61.4 Å². The van der Waals surface area contributed by atoms with Gasteiger partial charge in [-0.3, -0.25) is 0 Å². The Balaban J connectivity index is 3.13. The van der Waals surface area contributed by atoms with Gasteiger partial charge in [0.2, 0.25) is 0 Å². The van der Waals surface area contributed by atoms with Crippen LogP contribution in [0.5, 0.6) is 0 Å². The van der Waals surface area contributed by atoms with E-state index in [4.69, 9.17) is 0 Å². The maximum absolute atomic E-state index is 11.1. The molecular formula is C8H7BrNO3-. The number of ether oxygens (including phenoxy) is 1. The summed E-state index contributed by atoms with van der Waals surface area (Å²) in [6, 6.07) is 4.68. The Morgan fingerprint density at radius 3 is 2.85 bits per heavy atom. The molecule has 0 bridgehead atoms. The standard InChI is InChI=1S/C8H7BrNO3/c1-13-8(11)6-3-2-5(9)4-7(6)10-12/h2-4,10H,1H3/q-1. The van der Waals surface area contributed by atoms with Crippen LogP contribution in [0.25, 0.3) is 0 Å². The smallest absolute Gasteiger partial charge is 0.339 e. The van der Waals surface area contributed by atoms with Crippen LogP contribution in [0.3, 0.4) is 0 Å². The van der Waals surface area contributed by atoms with Crippen molar-refractivity contribution in [2.75, 3.05) is 12.6 Å². The second-order valence-electron chi connectivity index (χ2n) is 2.28. The molecule has 0 aliphatic heterocycles. The lowest BCUT2D eigenvalue weighted by atomic mass is 10.2. The third-order valence-corrected chi connectivity index (χ3v) is 1.99. The maximum Gasteiger partial charge on any atom is 0.339 e. The summed E-state index contributed by atoms with van der Waals surface area (Å²) in [5.41, 5.74) is 2.09. The summed E-state index contributed by atoms with van der Waals surface area (Å²) in [4.78, 5) is 11.1. The minimum atomic E-state index is -0.536. The molecule has 0 spiro atoms. The van der Waals surface area contributed by atoms with Crippen LogP contribution < -0.4 is 5.48 Å². The molecule has 5 heteroatoms. The molecule has 1 aromatic rings. The van der Waals surface area contributed by atoms with Crippen molar-refractivity contribution in [3.05, 3.63) is 33.4 Å². The van der Waals surface area contributed by atoms with E-state index in [0.717, 1.165) is 4.47 Å². The van der Waals surface area contributed by atoms with Crippen molar-refractivity contribution in [1.82, 2.24) is 0 Å². The number of methoxy groups -OCH3 is 1. The number of carbonyl (C=O) groups is 1. The average molecular weight is 245 g/mol. The Hall–Kier alpha value is -1.07. The lowest BCUT2D eigenvalue weighted by molar-refractivity contribution is 0.0602. The molecule has 0 amide bonds. The summed E-state index contributed by atoms with van der Waals surface area (Å²) < 4.78 is 5.21. The van der Waals surface area contributed by atoms with Gasteiger partial charge in [0, 0.05) is 10.2 Å². The van der Waals surface area contributed by atoms with Crippen molar-refractivity contribution < 1.29 is 9.53 Å². The van der Waals surface area contributed by atoms with E-state index in [2.05, 4.69) is 20.7 Å². The molecular weight excluding hydrogens is 238 g/mol. The Morgan fingerprint density at radius 2 is 2.31 bits per heavy atom. The van der Waals surface area contributed by atoms with E-state index in [-0.39, 0.29) is 11.3 Å². The molecule has 0 saturated carbocycles. The molecule has 0 heterocycles. The normalized spacial score (nSPS) is 9.46. The van der Waals surface area contributed by atoms with Crippen molar-refractivity contribution in [3.8, 4) is 0 Å². The highest BCUT2D eigenvalue weighted by molar-refractivity contribution is 9.10. The molecule has 0 unspecified atom stereocenters. The first-order valence-corrected chi connectivity index (χ1v) is 4.24. The van der Waals surface area contributed by atoms with Gasteiger partial charge in [-0.05, 0) is 18.2 Å². The van der Waals surface area contributed by atoms with Crippen LogP contribution in [0, 0.1) is 5.21 Å². The predicted octanol–water partition coefficient (Wildman–Crippen LogP) is 2.15. The first kappa shape index (κ1) is 10.0. The van der Waals surface area contributed by atoms with Crippen molar-refractivity contribution in [2.24, 2.45) is 0 Å². The van der Waals surface area contributed by atoms with Crippen LogP contribution in [0.15, 0.2) is 22.7 Å². The van der Waals surface area contributed by atoms with Gasteiger partial charge in [0.15, 0.2) is 0 Å². The number of anilines is 1. The molecule has 0 aliphatic carbocycles. The van der Waals surface area contributed by atoms with E-state index in [9.17, 15) is 10.0 Å². The van der Waals surface area contributed by atoms with Gasteiger partial charge in [-0.1, -0.05) is 15.9 Å². The first-order chi connectivity index (χ1) is 6.19. The number of benzene rings is 1. The number of esters is 1. The first-order valence-electron chi connectivity index (χ1n) is 3.45. The molecule has 13 heavy (non-hydrogen) atoms. The summed E-state index contributed by atoms with van der Waals surface area (Å²) in [7, 11) is 1.26. The molecule has 0 aromatic heterocycles. The van der Waals surface area contributed by atoms with Gasteiger partial charge in [0.25, 0.3) is 0 Å². The largest absolute Gasteiger partial charge is 0.761 e. The van der Waals surface area contributed by atoms with Gasteiger partial charge in [0.05, 0.1) is 12.7 Å². The van der Waals surface area contributed by atoms with Crippen LogP contribution in [0.4, 0.5) is 5.69 Å². The van der Waals surface area contributed by atoms with Gasteiger partial charge >= 0.3 is 5.97 Å². The molecule has 1 N–H and O–H groups in total. The zero-order valence-corrected chi connectivity index (χ0v) is 8.42. The maximum atomic E-state index is 11.1. The summed E-state index contributed by atoms with van der Waals surface area (Å²) >= 11 is 3.18. The molecule has 0 fully saturated rings. The minimum Gasteiger partial charge on any atom is -0.761 e. The van der Waals surface area contributed by atoms with Crippen LogP contribution in [0.2, 0.25) is 0 Å². The number of carbonyl (C=O) groups excluding carboxylic acids is 1. The average Bonchev–Trinajstić information content (AvgIpc) is 2.16. The highest BCUT2D eigenvalue weighted by Crippen LogP contribution is 2.21. The lowest BCUT2D eigenvalue weighted by Gasteiger charge is -2.13. The van der Waals surface area contributed by atoms with Crippen LogP contribution in [0.1, 0.15) is 10.4 Å². The molecule has 0 atom stereocenters. The second-order valence-corrected chi connectivity index (χ2v) is 3.20. The highest BCUT2D eigenvalue weighted by atomic mass is 79.9. The summed E-state index contributed by atoms with van der Waals surface area (Å²) in [6.45, 7) is 0. The fourth-order valence-electron chi connectivity index (χ4n) is 0.889. The molecule has 1 aromatic carbocycles. The summed E-state index contributed by atoms with van der Waals surface area (Å²) in [5, 5.41) is 10.4. The van der Waals surface area contributed by atoms with E-state index in [1.54, 1.807) is 11.5 Å². The molecule has 0 radical (unpaired) electrons. The van der Waals surface area contributed by atoms with E-state index in [1.165, 1.54) is 19.2 Å². The van der Waals surface area contributed by atoms with Gasteiger partial charge in [-0.25, -0.2) is 4.79 Å². The third-order valence-electron chi connectivity index (χ3n) is 1.50. The van der Waals surface area contributed by atoms with Crippen molar-refractivity contribution in [2.45, 2.75) is 0 Å². The highest BCUT2D eigenvalue weighted by Gasteiger charge is 2.09. The number of halogens is 1. The van der Waals surface area contributed by atoms with Crippen molar-refractivity contribution >= 4 is 27.6 Å². The molecule has 0 saturated heterocycles. The van der Waals surface area contributed by atoms with E-state index < -0.39 is 5.97 Å².